The van der Waals surface area contributed by atoms with E-state index < -0.39 is 5.91 Å². The average Bonchev–Trinajstić information content (AvgIpc) is 2.60. The normalized spacial score (nSPS) is 14.6. The Hall–Kier alpha value is -1.32. The van der Waals surface area contributed by atoms with Gasteiger partial charge < -0.3 is 26.2 Å². The van der Waals surface area contributed by atoms with E-state index in [-0.39, 0.29) is 68.1 Å². The summed E-state index contributed by atoms with van der Waals surface area (Å²) in [6.07, 6.45) is 0. The van der Waals surface area contributed by atoms with E-state index in [0.29, 0.717) is 0 Å². The van der Waals surface area contributed by atoms with Crippen molar-refractivity contribution in [2.24, 2.45) is 5.73 Å². The molecule has 1 aromatic rings. The molecular weight excluding hydrogens is 432 g/mol. The molecule has 1 saturated heterocycles. The molecule has 162 valence electrons. The van der Waals surface area contributed by atoms with Crippen molar-refractivity contribution in [2.45, 2.75) is 13.0 Å². The molecule has 2 rings (SSSR count). The molecule has 0 bridgehead atoms. The van der Waals surface area contributed by atoms with Crippen molar-refractivity contribution in [1.29, 1.82) is 0 Å². The van der Waals surface area contributed by atoms with Gasteiger partial charge in [0.1, 0.15) is 5.82 Å². The van der Waals surface area contributed by atoms with Crippen LogP contribution in [0.15, 0.2) is 18.2 Å². The van der Waals surface area contributed by atoms with Crippen LogP contribution in [0.25, 0.3) is 0 Å². The first-order valence-corrected chi connectivity index (χ1v) is 8.39. The smallest absolute Gasteiger partial charge is 0.239 e. The highest BCUT2D eigenvalue weighted by Gasteiger charge is 2.21. The van der Waals surface area contributed by atoms with Gasteiger partial charge in [0.25, 0.3) is 0 Å². The van der Waals surface area contributed by atoms with Gasteiger partial charge in [-0.05, 0) is 32.2 Å². The number of carbonyl (C=O) groups excluding carboxylic acids is 2. The maximum Gasteiger partial charge on any atom is 0.239 e. The number of hydrogen-bond acceptors (Lipinski definition) is 5. The summed E-state index contributed by atoms with van der Waals surface area (Å²) in [5, 5.41) is 5.21. The number of benzene rings is 1. The molecule has 28 heavy (non-hydrogen) atoms. The predicted molar refractivity (Wildman–Crippen MR) is 116 cm³/mol. The van der Waals surface area contributed by atoms with Crippen LogP contribution in [0.5, 0.6) is 0 Å². The third kappa shape index (κ3) is 8.36. The minimum Gasteiger partial charge on any atom is -0.369 e. The zero-order chi connectivity index (χ0) is 18.4. The van der Waals surface area contributed by atoms with Gasteiger partial charge in [0, 0.05) is 37.4 Å². The maximum absolute atomic E-state index is 13.8. The number of likely N-dealkylation sites (N-methyl/N-ethyl adjacent to an activating group) is 1. The lowest BCUT2D eigenvalue weighted by Crippen LogP contribution is -2.45. The highest BCUT2D eigenvalue weighted by molar-refractivity contribution is 5.86. The fourth-order valence-electron chi connectivity index (χ4n) is 2.83. The Kier molecular flexibility index (Phi) is 14.2. The lowest BCUT2D eigenvalue weighted by molar-refractivity contribution is -0.125. The van der Waals surface area contributed by atoms with Gasteiger partial charge in [-0.3, -0.25) is 9.59 Å². The van der Waals surface area contributed by atoms with E-state index in [1.54, 1.807) is 13.0 Å². The average molecular weight is 461 g/mol. The van der Waals surface area contributed by atoms with E-state index in [1.165, 1.54) is 12.1 Å². The Bertz CT molecular complexity index is 631. The van der Waals surface area contributed by atoms with E-state index in [1.807, 2.05) is 0 Å². The molecule has 0 aromatic heterocycles. The van der Waals surface area contributed by atoms with Crippen LogP contribution in [0.3, 0.4) is 0 Å². The van der Waals surface area contributed by atoms with Crippen LogP contribution in [0, 0.1) is 5.82 Å². The van der Waals surface area contributed by atoms with E-state index in [0.717, 1.165) is 37.4 Å². The van der Waals surface area contributed by atoms with Crippen LogP contribution in [0.4, 0.5) is 10.1 Å². The molecule has 1 heterocycles. The number of nitrogens with zero attached hydrogens (tertiary/aromatic N) is 2. The van der Waals surface area contributed by atoms with Crippen LogP contribution in [0.1, 0.15) is 18.5 Å². The third-order valence-electron chi connectivity index (χ3n) is 4.31. The summed E-state index contributed by atoms with van der Waals surface area (Å²) in [5.74, 6) is -1.08. The van der Waals surface area contributed by atoms with Crippen LogP contribution in [0.2, 0.25) is 0 Å². The molecule has 7 nitrogen and oxygen atoms in total. The SMILES string of the molecule is CC(NC(=O)CNC(=O)CN)c1cc(F)ccc1N1CCN(C)CC1.Cl.Cl.Cl. The lowest BCUT2D eigenvalue weighted by atomic mass is 10.0. The molecule has 1 aromatic carbocycles. The second-order valence-corrected chi connectivity index (χ2v) is 6.26. The van der Waals surface area contributed by atoms with Crippen molar-refractivity contribution in [1.82, 2.24) is 15.5 Å². The summed E-state index contributed by atoms with van der Waals surface area (Å²) in [6, 6.07) is 4.27. The standard InChI is InChI=1S/C17H26FN5O2.3ClH/c1-12(21-17(25)11-20-16(24)10-19)14-9-13(18)3-4-15(14)23-7-5-22(2)6-8-23;;;/h3-4,9,12H,5-8,10-11,19H2,1-2H3,(H,20,24)(H,21,25);3*1H. The van der Waals surface area contributed by atoms with Gasteiger partial charge in [-0.2, -0.15) is 0 Å². The number of nitrogens with two attached hydrogens (primary N) is 1. The summed E-state index contributed by atoms with van der Waals surface area (Å²) >= 11 is 0. The van der Waals surface area contributed by atoms with Crippen molar-refractivity contribution in [3.8, 4) is 0 Å². The lowest BCUT2D eigenvalue weighted by Gasteiger charge is -2.36. The minimum absolute atomic E-state index is 0. The molecule has 1 aliphatic heterocycles. The Labute approximate surface area is 183 Å². The predicted octanol–water partition coefficient (Wildman–Crippen LogP) is 1.10. The summed E-state index contributed by atoms with van der Waals surface area (Å²) in [4.78, 5) is 27.6. The summed E-state index contributed by atoms with van der Waals surface area (Å²) in [6.45, 7) is 5.05. The number of piperazine rings is 1. The van der Waals surface area contributed by atoms with Gasteiger partial charge in [0.05, 0.1) is 19.1 Å². The largest absolute Gasteiger partial charge is 0.369 e. The molecule has 1 atom stereocenters. The summed E-state index contributed by atoms with van der Waals surface area (Å²) < 4.78 is 13.8. The van der Waals surface area contributed by atoms with Crippen LogP contribution >= 0.6 is 37.2 Å². The maximum atomic E-state index is 13.8. The van der Waals surface area contributed by atoms with E-state index in [9.17, 15) is 14.0 Å². The van der Waals surface area contributed by atoms with E-state index in [4.69, 9.17) is 5.73 Å². The Balaban J connectivity index is 0. The number of rotatable bonds is 6. The summed E-state index contributed by atoms with van der Waals surface area (Å²) in [7, 11) is 2.07. The first kappa shape index (κ1) is 28.9. The second kappa shape index (κ2) is 13.8. The van der Waals surface area contributed by atoms with Crippen molar-refractivity contribution in [2.75, 3.05) is 51.2 Å². The molecule has 4 N–H and O–H groups in total. The molecule has 11 heteroatoms. The van der Waals surface area contributed by atoms with Gasteiger partial charge in [-0.25, -0.2) is 4.39 Å². The first-order chi connectivity index (χ1) is 11.9. The fourth-order valence-corrected chi connectivity index (χ4v) is 2.83. The zero-order valence-electron chi connectivity index (χ0n) is 15.9. The summed E-state index contributed by atoms with van der Waals surface area (Å²) in [5.41, 5.74) is 6.83. The molecule has 1 fully saturated rings. The van der Waals surface area contributed by atoms with Crippen LogP contribution in [-0.2, 0) is 9.59 Å². The fraction of sp³-hybridized carbons (Fsp3) is 0.529. The van der Waals surface area contributed by atoms with Gasteiger partial charge in [0.15, 0.2) is 0 Å². The molecule has 0 saturated carbocycles. The van der Waals surface area contributed by atoms with Gasteiger partial charge in [0.2, 0.25) is 11.8 Å². The highest BCUT2D eigenvalue weighted by atomic mass is 35.5. The van der Waals surface area contributed by atoms with Crippen molar-refractivity contribution >= 4 is 54.7 Å². The van der Waals surface area contributed by atoms with Crippen LogP contribution < -0.4 is 21.3 Å². The molecule has 1 aliphatic rings. The van der Waals surface area contributed by atoms with Crippen LogP contribution in [-0.4, -0.2) is 63.0 Å². The molecule has 0 aliphatic carbocycles. The number of hydrogen-bond donors (Lipinski definition) is 3. The molecule has 2 amide bonds. The van der Waals surface area contributed by atoms with Gasteiger partial charge in [-0.15, -0.1) is 37.2 Å². The topological polar surface area (TPSA) is 90.7 Å². The minimum atomic E-state index is -0.397. The Morgan fingerprint density at radius 3 is 2.32 bits per heavy atom. The second-order valence-electron chi connectivity index (χ2n) is 6.26. The number of nitrogens with one attached hydrogen (secondary N) is 2. The monoisotopic (exact) mass is 459 g/mol. The number of carbonyl (C=O) groups is 2. The Morgan fingerprint density at radius 1 is 1.14 bits per heavy atom. The number of amides is 2. The molecular formula is C17H29Cl3FN5O2. The Morgan fingerprint density at radius 2 is 1.75 bits per heavy atom. The molecule has 0 radical (unpaired) electrons. The quantitative estimate of drug-likeness (QED) is 0.591. The van der Waals surface area contributed by atoms with Gasteiger partial charge >= 0.3 is 0 Å². The van der Waals surface area contributed by atoms with Crippen molar-refractivity contribution < 1.29 is 14.0 Å². The van der Waals surface area contributed by atoms with E-state index in [2.05, 4.69) is 27.5 Å². The molecule has 1 unspecified atom stereocenters. The van der Waals surface area contributed by atoms with Crippen molar-refractivity contribution in [3.63, 3.8) is 0 Å². The third-order valence-corrected chi connectivity index (χ3v) is 4.31. The first-order valence-electron chi connectivity index (χ1n) is 8.39. The number of halogens is 4. The zero-order valence-corrected chi connectivity index (χ0v) is 18.4. The van der Waals surface area contributed by atoms with E-state index >= 15 is 0 Å². The van der Waals surface area contributed by atoms with Gasteiger partial charge in [-0.1, -0.05) is 0 Å². The highest BCUT2D eigenvalue weighted by Crippen LogP contribution is 2.28. The molecule has 0 spiro atoms. The van der Waals surface area contributed by atoms with Crippen molar-refractivity contribution in [3.05, 3.63) is 29.6 Å². The number of anilines is 1.